The van der Waals surface area contributed by atoms with E-state index in [0.717, 1.165) is 23.9 Å². The van der Waals surface area contributed by atoms with Crippen molar-refractivity contribution in [2.24, 2.45) is 0 Å². The summed E-state index contributed by atoms with van der Waals surface area (Å²) >= 11 is 0. The Morgan fingerprint density at radius 2 is 2.06 bits per heavy atom. The molecule has 0 bridgehead atoms. The molecule has 1 aliphatic rings. The van der Waals surface area contributed by atoms with Crippen molar-refractivity contribution in [2.75, 3.05) is 0 Å². The van der Waals surface area contributed by atoms with Crippen molar-refractivity contribution >= 4 is 16.9 Å². The molecule has 0 unspecified atom stereocenters. The van der Waals surface area contributed by atoms with Crippen LogP contribution in [0.15, 0.2) is 22.8 Å². The summed E-state index contributed by atoms with van der Waals surface area (Å²) in [6.45, 7) is 0. The number of carbonyl (C=O) groups excluding carboxylic acids is 1. The molecule has 18 heavy (non-hydrogen) atoms. The van der Waals surface area contributed by atoms with Gasteiger partial charge in [0.2, 0.25) is 5.91 Å². The number of aromatic nitrogens is 2. The van der Waals surface area contributed by atoms with Gasteiger partial charge in [-0.2, -0.15) is 0 Å². The van der Waals surface area contributed by atoms with E-state index in [1.807, 2.05) is 18.2 Å². The molecule has 2 aromatic rings. The van der Waals surface area contributed by atoms with Crippen molar-refractivity contribution in [1.29, 1.82) is 0 Å². The van der Waals surface area contributed by atoms with Crippen molar-refractivity contribution in [1.82, 2.24) is 15.6 Å². The maximum atomic E-state index is 11.9. The third kappa shape index (κ3) is 2.34. The second kappa shape index (κ2) is 4.76. The largest absolute Gasteiger partial charge is 0.353 e. The highest BCUT2D eigenvalue weighted by molar-refractivity contribution is 5.81. The molecule has 1 fully saturated rings. The van der Waals surface area contributed by atoms with Gasteiger partial charge in [-0.05, 0) is 40.9 Å². The number of nitrogens with zero attached hydrogens (tertiary/aromatic N) is 2. The Morgan fingerprint density at radius 3 is 2.89 bits per heavy atom. The quantitative estimate of drug-likeness (QED) is 0.895. The third-order valence-electron chi connectivity index (χ3n) is 3.40. The Labute approximate surface area is 105 Å². The minimum atomic E-state index is 0.0812. The molecule has 1 N–H and O–H groups in total. The zero-order chi connectivity index (χ0) is 12.4. The number of carbonyl (C=O) groups is 1. The van der Waals surface area contributed by atoms with Crippen molar-refractivity contribution < 1.29 is 9.42 Å². The SMILES string of the molecule is O=C(Cc1ccc2nonc2c1)NC1CCCC1. The molecule has 1 aromatic carbocycles. The fraction of sp³-hybridized carbons (Fsp3) is 0.462. The first-order valence-corrected chi connectivity index (χ1v) is 6.32. The first-order valence-electron chi connectivity index (χ1n) is 6.32. The van der Waals surface area contributed by atoms with Crippen LogP contribution in [0.5, 0.6) is 0 Å². The summed E-state index contributed by atoms with van der Waals surface area (Å²) in [5.74, 6) is 0.0812. The molecule has 1 aliphatic carbocycles. The average molecular weight is 245 g/mol. The van der Waals surface area contributed by atoms with Gasteiger partial charge < -0.3 is 5.32 Å². The molecule has 1 saturated carbocycles. The predicted octanol–water partition coefficient (Wildman–Crippen LogP) is 1.82. The van der Waals surface area contributed by atoms with Crippen molar-refractivity contribution in [2.45, 2.75) is 38.1 Å². The van der Waals surface area contributed by atoms with Gasteiger partial charge in [0.1, 0.15) is 11.0 Å². The first-order chi connectivity index (χ1) is 8.81. The van der Waals surface area contributed by atoms with E-state index < -0.39 is 0 Å². The van der Waals surface area contributed by atoms with Crippen LogP contribution in [-0.2, 0) is 11.2 Å². The molecule has 1 heterocycles. The van der Waals surface area contributed by atoms with Crippen LogP contribution in [0.3, 0.4) is 0 Å². The summed E-state index contributed by atoms with van der Waals surface area (Å²) in [6, 6.07) is 5.93. The molecule has 0 saturated heterocycles. The van der Waals surface area contributed by atoms with E-state index in [0.29, 0.717) is 18.0 Å². The van der Waals surface area contributed by atoms with Gasteiger partial charge in [0.05, 0.1) is 6.42 Å². The highest BCUT2D eigenvalue weighted by Crippen LogP contribution is 2.18. The van der Waals surface area contributed by atoms with Gasteiger partial charge in [0.25, 0.3) is 0 Å². The van der Waals surface area contributed by atoms with Crippen molar-refractivity contribution in [3.05, 3.63) is 23.8 Å². The van der Waals surface area contributed by atoms with E-state index in [9.17, 15) is 4.79 Å². The minimum absolute atomic E-state index is 0.0812. The van der Waals surface area contributed by atoms with E-state index in [-0.39, 0.29) is 5.91 Å². The smallest absolute Gasteiger partial charge is 0.224 e. The molecule has 5 heteroatoms. The summed E-state index contributed by atoms with van der Waals surface area (Å²) in [7, 11) is 0. The fourth-order valence-corrected chi connectivity index (χ4v) is 2.47. The van der Waals surface area contributed by atoms with Gasteiger partial charge in [-0.1, -0.05) is 18.9 Å². The number of hydrogen-bond donors (Lipinski definition) is 1. The molecule has 3 rings (SSSR count). The highest BCUT2D eigenvalue weighted by Gasteiger charge is 2.17. The van der Waals surface area contributed by atoms with Crippen LogP contribution in [0.1, 0.15) is 31.2 Å². The molecule has 0 spiro atoms. The second-order valence-corrected chi connectivity index (χ2v) is 4.81. The minimum Gasteiger partial charge on any atom is -0.353 e. The second-order valence-electron chi connectivity index (χ2n) is 4.81. The number of nitrogens with one attached hydrogen (secondary N) is 1. The number of benzene rings is 1. The lowest BCUT2D eigenvalue weighted by molar-refractivity contribution is -0.121. The Kier molecular flexibility index (Phi) is 2.96. The number of rotatable bonds is 3. The van der Waals surface area contributed by atoms with Crippen LogP contribution in [0, 0.1) is 0 Å². The Hall–Kier alpha value is -1.91. The highest BCUT2D eigenvalue weighted by atomic mass is 16.6. The van der Waals surface area contributed by atoms with E-state index in [1.165, 1.54) is 12.8 Å². The van der Waals surface area contributed by atoms with Crippen molar-refractivity contribution in [3.63, 3.8) is 0 Å². The monoisotopic (exact) mass is 245 g/mol. The van der Waals surface area contributed by atoms with Crippen LogP contribution < -0.4 is 5.32 Å². The Bertz CT molecular complexity index is 558. The van der Waals surface area contributed by atoms with Crippen LogP contribution in [0.2, 0.25) is 0 Å². The molecule has 94 valence electrons. The summed E-state index contributed by atoms with van der Waals surface area (Å²) in [5.41, 5.74) is 2.35. The Morgan fingerprint density at radius 1 is 1.28 bits per heavy atom. The van der Waals surface area contributed by atoms with E-state index >= 15 is 0 Å². The topological polar surface area (TPSA) is 68.0 Å². The van der Waals surface area contributed by atoms with Gasteiger partial charge in [-0.25, -0.2) is 4.63 Å². The lowest BCUT2D eigenvalue weighted by atomic mass is 10.1. The number of amides is 1. The van der Waals surface area contributed by atoms with Gasteiger partial charge >= 0.3 is 0 Å². The van der Waals surface area contributed by atoms with Gasteiger partial charge in [-0.3, -0.25) is 4.79 Å². The molecular weight excluding hydrogens is 230 g/mol. The average Bonchev–Trinajstić information content (AvgIpc) is 2.98. The summed E-state index contributed by atoms with van der Waals surface area (Å²) in [5, 5.41) is 10.6. The van der Waals surface area contributed by atoms with Gasteiger partial charge in [-0.15, -0.1) is 0 Å². The summed E-state index contributed by atoms with van der Waals surface area (Å²) in [6.07, 6.45) is 5.05. The van der Waals surface area contributed by atoms with Crippen LogP contribution in [0.4, 0.5) is 0 Å². The van der Waals surface area contributed by atoms with Crippen LogP contribution >= 0.6 is 0 Å². The standard InChI is InChI=1S/C13H15N3O2/c17-13(14-10-3-1-2-4-10)8-9-5-6-11-12(7-9)16-18-15-11/h5-7,10H,1-4,8H2,(H,14,17). The summed E-state index contributed by atoms with van der Waals surface area (Å²) in [4.78, 5) is 11.9. The lowest BCUT2D eigenvalue weighted by Gasteiger charge is -2.11. The zero-order valence-electron chi connectivity index (χ0n) is 10.1. The number of fused-ring (bicyclic) bond motifs is 1. The normalized spacial score (nSPS) is 16.2. The first kappa shape index (κ1) is 11.2. The lowest BCUT2D eigenvalue weighted by Crippen LogP contribution is -2.33. The molecule has 1 aromatic heterocycles. The maximum Gasteiger partial charge on any atom is 0.224 e. The van der Waals surface area contributed by atoms with E-state index in [2.05, 4.69) is 20.3 Å². The van der Waals surface area contributed by atoms with Crippen LogP contribution in [-0.4, -0.2) is 22.3 Å². The van der Waals surface area contributed by atoms with E-state index in [4.69, 9.17) is 0 Å². The van der Waals surface area contributed by atoms with Crippen molar-refractivity contribution in [3.8, 4) is 0 Å². The molecule has 0 radical (unpaired) electrons. The Balaban J connectivity index is 1.65. The maximum absolute atomic E-state index is 11.9. The molecule has 1 amide bonds. The zero-order valence-corrected chi connectivity index (χ0v) is 10.1. The molecule has 0 atom stereocenters. The number of hydrogen-bond acceptors (Lipinski definition) is 4. The molecular formula is C13H15N3O2. The predicted molar refractivity (Wildman–Crippen MR) is 65.9 cm³/mol. The fourth-order valence-electron chi connectivity index (χ4n) is 2.47. The van der Waals surface area contributed by atoms with Crippen LogP contribution in [0.25, 0.3) is 11.0 Å². The third-order valence-corrected chi connectivity index (χ3v) is 3.40. The van der Waals surface area contributed by atoms with E-state index in [1.54, 1.807) is 0 Å². The molecule has 5 nitrogen and oxygen atoms in total. The van der Waals surface area contributed by atoms with Gasteiger partial charge in [0.15, 0.2) is 0 Å². The summed E-state index contributed by atoms with van der Waals surface area (Å²) < 4.78 is 4.63. The molecule has 0 aliphatic heterocycles. The van der Waals surface area contributed by atoms with Gasteiger partial charge in [0, 0.05) is 6.04 Å².